The summed E-state index contributed by atoms with van der Waals surface area (Å²) in [6.45, 7) is 0. The van der Waals surface area contributed by atoms with Crippen LogP contribution in [0, 0.1) is 0 Å². The Kier molecular flexibility index (Phi) is 2.65. The standard InChI is InChI=1S/C8H12O3/c9-7(8(10)11)6-4-2-1-3-5-6/h4,7,9H,1-3,5H2,(H,10,11). The normalized spacial score (nSPS) is 20.6. The highest BCUT2D eigenvalue weighted by Crippen LogP contribution is 2.20. The predicted octanol–water partition coefficient (Wildman–Crippen LogP) is 0.932. The summed E-state index contributed by atoms with van der Waals surface area (Å²) in [7, 11) is 0. The molecule has 0 amide bonds. The van der Waals surface area contributed by atoms with Crippen molar-refractivity contribution in [2.24, 2.45) is 0 Å². The molecule has 0 bridgehead atoms. The van der Waals surface area contributed by atoms with Gasteiger partial charge in [0.05, 0.1) is 0 Å². The maximum absolute atomic E-state index is 10.3. The first kappa shape index (κ1) is 8.27. The Morgan fingerprint density at radius 1 is 1.55 bits per heavy atom. The number of allylic oxidation sites excluding steroid dienone is 1. The first-order chi connectivity index (χ1) is 5.22. The number of aliphatic hydroxyl groups is 1. The molecule has 1 aliphatic rings. The summed E-state index contributed by atoms with van der Waals surface area (Å²) in [5.74, 6) is -1.14. The predicted molar refractivity (Wildman–Crippen MR) is 40.2 cm³/mol. The monoisotopic (exact) mass is 156 g/mol. The second kappa shape index (κ2) is 3.53. The highest BCUT2D eigenvalue weighted by molar-refractivity contribution is 5.75. The SMILES string of the molecule is O=C(O)C(O)C1=CCCCC1. The van der Waals surface area contributed by atoms with E-state index in [1.807, 2.05) is 6.08 Å². The van der Waals surface area contributed by atoms with Gasteiger partial charge in [0.1, 0.15) is 0 Å². The van der Waals surface area contributed by atoms with Gasteiger partial charge in [-0.3, -0.25) is 0 Å². The minimum absolute atomic E-state index is 0.670. The van der Waals surface area contributed by atoms with Gasteiger partial charge in [0.15, 0.2) is 6.10 Å². The van der Waals surface area contributed by atoms with E-state index in [0.717, 1.165) is 25.7 Å². The van der Waals surface area contributed by atoms with Crippen molar-refractivity contribution in [3.63, 3.8) is 0 Å². The molecule has 3 heteroatoms. The van der Waals surface area contributed by atoms with Crippen molar-refractivity contribution in [2.75, 3.05) is 0 Å². The van der Waals surface area contributed by atoms with E-state index in [1.165, 1.54) is 0 Å². The van der Waals surface area contributed by atoms with E-state index in [2.05, 4.69) is 0 Å². The fourth-order valence-corrected chi connectivity index (χ4v) is 1.27. The number of rotatable bonds is 2. The molecule has 2 N–H and O–H groups in total. The molecule has 0 saturated heterocycles. The van der Waals surface area contributed by atoms with E-state index in [0.29, 0.717) is 5.57 Å². The Morgan fingerprint density at radius 2 is 2.27 bits per heavy atom. The van der Waals surface area contributed by atoms with Gasteiger partial charge in [-0.05, 0) is 31.3 Å². The molecule has 0 heterocycles. The molecule has 1 rings (SSSR count). The zero-order valence-electron chi connectivity index (χ0n) is 6.29. The van der Waals surface area contributed by atoms with Crippen LogP contribution in [-0.4, -0.2) is 22.3 Å². The van der Waals surface area contributed by atoms with E-state index in [1.54, 1.807) is 0 Å². The summed E-state index contributed by atoms with van der Waals surface area (Å²) in [5, 5.41) is 17.5. The van der Waals surface area contributed by atoms with Gasteiger partial charge in [-0.15, -0.1) is 0 Å². The molecule has 0 spiro atoms. The summed E-state index contributed by atoms with van der Waals surface area (Å²) in [6.07, 6.45) is 4.30. The van der Waals surface area contributed by atoms with Crippen molar-refractivity contribution in [3.05, 3.63) is 11.6 Å². The third-order valence-corrected chi connectivity index (χ3v) is 1.91. The topological polar surface area (TPSA) is 57.5 Å². The summed E-state index contributed by atoms with van der Waals surface area (Å²) in [4.78, 5) is 10.3. The highest BCUT2D eigenvalue weighted by atomic mass is 16.4. The van der Waals surface area contributed by atoms with E-state index >= 15 is 0 Å². The molecule has 0 aromatic carbocycles. The van der Waals surface area contributed by atoms with Crippen molar-refractivity contribution >= 4 is 5.97 Å². The van der Waals surface area contributed by atoms with Crippen LogP contribution in [0.1, 0.15) is 25.7 Å². The zero-order chi connectivity index (χ0) is 8.27. The maximum atomic E-state index is 10.3. The second-order valence-corrected chi connectivity index (χ2v) is 2.77. The van der Waals surface area contributed by atoms with E-state index < -0.39 is 12.1 Å². The number of hydrogen-bond donors (Lipinski definition) is 2. The lowest BCUT2D eigenvalue weighted by Gasteiger charge is -2.14. The minimum atomic E-state index is -1.27. The molecule has 0 fully saturated rings. The molecule has 3 nitrogen and oxygen atoms in total. The van der Waals surface area contributed by atoms with Crippen molar-refractivity contribution in [1.29, 1.82) is 0 Å². The minimum Gasteiger partial charge on any atom is -0.479 e. The van der Waals surface area contributed by atoms with Crippen LogP contribution in [0.2, 0.25) is 0 Å². The van der Waals surface area contributed by atoms with Gasteiger partial charge >= 0.3 is 5.97 Å². The molecule has 0 aliphatic heterocycles. The fraction of sp³-hybridized carbons (Fsp3) is 0.625. The number of carboxylic acids is 1. The smallest absolute Gasteiger partial charge is 0.336 e. The van der Waals surface area contributed by atoms with Crippen LogP contribution >= 0.6 is 0 Å². The van der Waals surface area contributed by atoms with Crippen molar-refractivity contribution in [3.8, 4) is 0 Å². The third-order valence-electron chi connectivity index (χ3n) is 1.91. The molecule has 1 unspecified atom stereocenters. The molecule has 62 valence electrons. The number of aliphatic carboxylic acids is 1. The lowest BCUT2D eigenvalue weighted by Crippen LogP contribution is -2.22. The van der Waals surface area contributed by atoms with Crippen molar-refractivity contribution in [2.45, 2.75) is 31.8 Å². The molecule has 0 radical (unpaired) electrons. The van der Waals surface area contributed by atoms with Crippen LogP contribution in [0.25, 0.3) is 0 Å². The van der Waals surface area contributed by atoms with Gasteiger partial charge in [0.2, 0.25) is 0 Å². The third kappa shape index (κ3) is 2.05. The average molecular weight is 156 g/mol. The van der Waals surface area contributed by atoms with Crippen molar-refractivity contribution < 1.29 is 15.0 Å². The summed E-state index contributed by atoms with van der Waals surface area (Å²) in [5.41, 5.74) is 0.670. The Labute approximate surface area is 65.3 Å². The van der Waals surface area contributed by atoms with Crippen LogP contribution in [0.15, 0.2) is 11.6 Å². The van der Waals surface area contributed by atoms with Gasteiger partial charge in [0, 0.05) is 0 Å². The number of carboxylic acid groups (broad SMARTS) is 1. The maximum Gasteiger partial charge on any atom is 0.336 e. The Hall–Kier alpha value is -0.830. The number of carbonyl (C=O) groups is 1. The summed E-state index contributed by atoms with van der Waals surface area (Å²) in [6, 6.07) is 0. The lowest BCUT2D eigenvalue weighted by molar-refractivity contribution is -0.144. The highest BCUT2D eigenvalue weighted by Gasteiger charge is 2.19. The van der Waals surface area contributed by atoms with Crippen LogP contribution in [0.3, 0.4) is 0 Å². The Morgan fingerprint density at radius 3 is 2.73 bits per heavy atom. The van der Waals surface area contributed by atoms with Gasteiger partial charge < -0.3 is 10.2 Å². The largest absolute Gasteiger partial charge is 0.479 e. The molecular formula is C8H12O3. The molecule has 0 saturated carbocycles. The second-order valence-electron chi connectivity index (χ2n) is 2.77. The Balaban J connectivity index is 2.58. The molecule has 11 heavy (non-hydrogen) atoms. The molecule has 0 aromatic heterocycles. The molecular weight excluding hydrogens is 144 g/mol. The quantitative estimate of drug-likeness (QED) is 0.585. The van der Waals surface area contributed by atoms with Crippen LogP contribution in [0.4, 0.5) is 0 Å². The zero-order valence-corrected chi connectivity index (χ0v) is 6.29. The lowest BCUT2D eigenvalue weighted by atomic mass is 9.95. The average Bonchev–Trinajstić information content (AvgIpc) is 2.05. The first-order valence-corrected chi connectivity index (χ1v) is 3.81. The Bertz CT molecular complexity index is 184. The van der Waals surface area contributed by atoms with E-state index in [-0.39, 0.29) is 0 Å². The fourth-order valence-electron chi connectivity index (χ4n) is 1.27. The van der Waals surface area contributed by atoms with Gasteiger partial charge in [0.25, 0.3) is 0 Å². The van der Waals surface area contributed by atoms with Crippen LogP contribution < -0.4 is 0 Å². The van der Waals surface area contributed by atoms with Crippen LogP contribution in [0.5, 0.6) is 0 Å². The van der Waals surface area contributed by atoms with E-state index in [9.17, 15) is 4.79 Å². The van der Waals surface area contributed by atoms with E-state index in [4.69, 9.17) is 10.2 Å². The first-order valence-electron chi connectivity index (χ1n) is 3.81. The summed E-state index contributed by atoms with van der Waals surface area (Å²) < 4.78 is 0. The molecule has 1 aliphatic carbocycles. The number of hydrogen-bond acceptors (Lipinski definition) is 2. The number of aliphatic hydroxyl groups excluding tert-OH is 1. The van der Waals surface area contributed by atoms with Gasteiger partial charge in [-0.2, -0.15) is 0 Å². The molecule has 0 aromatic rings. The van der Waals surface area contributed by atoms with Crippen molar-refractivity contribution in [1.82, 2.24) is 0 Å². The van der Waals surface area contributed by atoms with Gasteiger partial charge in [-0.25, -0.2) is 4.79 Å². The van der Waals surface area contributed by atoms with Gasteiger partial charge in [-0.1, -0.05) is 6.08 Å². The van der Waals surface area contributed by atoms with Crippen LogP contribution in [-0.2, 0) is 4.79 Å². The summed E-state index contributed by atoms with van der Waals surface area (Å²) >= 11 is 0. The molecule has 1 atom stereocenters.